The van der Waals surface area contributed by atoms with Crippen LogP contribution in [0, 0.1) is 16.7 Å². The van der Waals surface area contributed by atoms with Gasteiger partial charge in [0.25, 0.3) is 0 Å². The third kappa shape index (κ3) is 1.33. The van der Waals surface area contributed by atoms with Crippen LogP contribution in [0.3, 0.4) is 0 Å². The number of carbonyl (C=O) groups is 1. The first kappa shape index (κ1) is 12.3. The number of nitrogens with zero attached hydrogens (tertiary/aromatic N) is 2. The van der Waals surface area contributed by atoms with Gasteiger partial charge < -0.3 is 4.57 Å². The molecule has 2 saturated carbocycles. The summed E-state index contributed by atoms with van der Waals surface area (Å²) in [7, 11) is 1.99. The monoisotopic (exact) mass is 264 g/mol. The lowest BCUT2D eigenvalue weighted by molar-refractivity contribution is -0.122. The van der Waals surface area contributed by atoms with Crippen LogP contribution in [0.1, 0.15) is 33.6 Å². The van der Waals surface area contributed by atoms with Gasteiger partial charge in [-0.25, -0.2) is 4.98 Å². The summed E-state index contributed by atoms with van der Waals surface area (Å²) >= 11 is 1.66. The lowest BCUT2D eigenvalue weighted by atomic mass is 9.71. The second-order valence-electron chi connectivity index (χ2n) is 6.45. The molecule has 2 aliphatic carbocycles. The van der Waals surface area contributed by atoms with Crippen LogP contribution in [0.4, 0.5) is 0 Å². The molecule has 3 atom stereocenters. The van der Waals surface area contributed by atoms with Gasteiger partial charge in [-0.05, 0) is 23.7 Å². The Morgan fingerprint density at radius 2 is 2.17 bits per heavy atom. The van der Waals surface area contributed by atoms with E-state index in [1.807, 2.05) is 17.8 Å². The van der Waals surface area contributed by atoms with E-state index in [0.29, 0.717) is 5.78 Å². The number of fused-ring (bicyclic) bond motifs is 2. The van der Waals surface area contributed by atoms with E-state index in [0.717, 1.165) is 11.6 Å². The molecule has 0 saturated heterocycles. The van der Waals surface area contributed by atoms with E-state index in [2.05, 4.69) is 25.8 Å². The summed E-state index contributed by atoms with van der Waals surface area (Å²) in [6, 6.07) is 0. The van der Waals surface area contributed by atoms with Gasteiger partial charge in [0, 0.05) is 25.4 Å². The number of ketones is 1. The number of aryl methyl sites for hydroxylation is 1. The minimum atomic E-state index is 0.0762. The number of imidazole rings is 1. The molecular formula is C14H20N2OS. The molecule has 3 rings (SSSR count). The molecule has 1 heterocycles. The van der Waals surface area contributed by atoms with E-state index in [1.54, 1.807) is 18.0 Å². The highest BCUT2D eigenvalue weighted by Gasteiger charge is 2.66. The van der Waals surface area contributed by atoms with Gasteiger partial charge >= 0.3 is 0 Å². The molecule has 0 spiro atoms. The topological polar surface area (TPSA) is 34.9 Å². The molecule has 2 aliphatic rings. The van der Waals surface area contributed by atoms with Crippen molar-refractivity contribution in [2.45, 2.75) is 44.0 Å². The van der Waals surface area contributed by atoms with Crippen molar-refractivity contribution in [1.29, 1.82) is 0 Å². The van der Waals surface area contributed by atoms with Crippen molar-refractivity contribution in [3.63, 3.8) is 0 Å². The first-order valence-corrected chi connectivity index (χ1v) is 7.43. The second kappa shape index (κ2) is 3.62. The molecule has 0 aliphatic heterocycles. The average Bonchev–Trinajstić information content (AvgIpc) is 2.82. The highest BCUT2D eigenvalue weighted by molar-refractivity contribution is 8.00. The molecule has 1 aromatic heterocycles. The van der Waals surface area contributed by atoms with Gasteiger partial charge in [0.1, 0.15) is 5.78 Å². The van der Waals surface area contributed by atoms with Gasteiger partial charge in [0.15, 0.2) is 5.16 Å². The van der Waals surface area contributed by atoms with Crippen LogP contribution in [0.2, 0.25) is 0 Å². The molecule has 0 unspecified atom stereocenters. The lowest BCUT2D eigenvalue weighted by Gasteiger charge is -2.37. The number of hydrogen-bond acceptors (Lipinski definition) is 3. The zero-order chi connectivity index (χ0) is 13.1. The molecule has 0 N–H and O–H groups in total. The van der Waals surface area contributed by atoms with Gasteiger partial charge in [0.2, 0.25) is 0 Å². The van der Waals surface area contributed by atoms with Gasteiger partial charge in [-0.3, -0.25) is 4.79 Å². The fraction of sp³-hybridized carbons (Fsp3) is 0.714. The SMILES string of the molecule is Cn1ccnc1S[C@@H]1C(=O)[C@@H]2CC[C@]1(C)C2(C)C. The van der Waals surface area contributed by atoms with Crippen molar-refractivity contribution in [2.75, 3.05) is 0 Å². The fourth-order valence-electron chi connectivity index (χ4n) is 3.75. The Labute approximate surface area is 112 Å². The minimum absolute atomic E-state index is 0.0762. The van der Waals surface area contributed by atoms with Crippen molar-refractivity contribution in [3.05, 3.63) is 12.4 Å². The molecule has 2 fully saturated rings. The molecule has 4 heteroatoms. The van der Waals surface area contributed by atoms with E-state index in [9.17, 15) is 4.79 Å². The number of hydrogen-bond donors (Lipinski definition) is 0. The van der Waals surface area contributed by atoms with Crippen LogP contribution >= 0.6 is 11.8 Å². The zero-order valence-corrected chi connectivity index (χ0v) is 12.3. The van der Waals surface area contributed by atoms with Crippen LogP contribution in [0.25, 0.3) is 0 Å². The van der Waals surface area contributed by atoms with Crippen LogP contribution in [0.5, 0.6) is 0 Å². The Morgan fingerprint density at radius 3 is 2.67 bits per heavy atom. The molecular weight excluding hydrogens is 244 g/mol. The van der Waals surface area contributed by atoms with Gasteiger partial charge in [0.05, 0.1) is 5.25 Å². The second-order valence-corrected chi connectivity index (χ2v) is 7.52. The minimum Gasteiger partial charge on any atom is -0.329 e. The molecule has 0 radical (unpaired) electrons. The Morgan fingerprint density at radius 1 is 1.44 bits per heavy atom. The molecule has 1 aromatic rings. The van der Waals surface area contributed by atoms with Crippen LogP contribution in [0.15, 0.2) is 17.6 Å². The van der Waals surface area contributed by atoms with Crippen LogP contribution < -0.4 is 0 Å². The van der Waals surface area contributed by atoms with Gasteiger partial charge in [-0.1, -0.05) is 32.5 Å². The van der Waals surface area contributed by atoms with Crippen LogP contribution in [-0.4, -0.2) is 20.6 Å². The summed E-state index contributed by atoms with van der Waals surface area (Å²) in [5, 5.41) is 1.03. The first-order chi connectivity index (χ1) is 8.38. The number of rotatable bonds is 2. The fourth-order valence-corrected chi connectivity index (χ4v) is 5.27. The lowest BCUT2D eigenvalue weighted by Crippen LogP contribution is -2.35. The third-order valence-corrected chi connectivity index (χ3v) is 7.07. The molecule has 2 bridgehead atoms. The van der Waals surface area contributed by atoms with Crippen molar-refractivity contribution >= 4 is 17.5 Å². The standard InChI is InChI=1S/C14H20N2OS/c1-13(2)9-5-6-14(13,3)11(10(9)17)18-12-15-7-8-16(12)4/h7-9,11H,5-6H2,1-4H3/t9-,11+,14-/m0/s1. The Kier molecular flexibility index (Phi) is 2.47. The van der Waals surface area contributed by atoms with E-state index in [4.69, 9.17) is 0 Å². The molecule has 98 valence electrons. The van der Waals surface area contributed by atoms with E-state index < -0.39 is 0 Å². The van der Waals surface area contributed by atoms with Gasteiger partial charge in [-0.2, -0.15) is 0 Å². The normalized spacial score (nSPS) is 37.4. The van der Waals surface area contributed by atoms with Crippen molar-refractivity contribution in [2.24, 2.45) is 23.8 Å². The Balaban J connectivity index is 1.95. The molecule has 18 heavy (non-hydrogen) atoms. The van der Waals surface area contributed by atoms with Crippen LogP contribution in [-0.2, 0) is 11.8 Å². The number of Topliss-reactive ketones (excluding diaryl/α,β-unsaturated/α-hetero) is 1. The summed E-state index contributed by atoms with van der Waals surface area (Å²) in [6.07, 6.45) is 5.97. The van der Waals surface area contributed by atoms with E-state index in [1.165, 1.54) is 6.42 Å². The summed E-state index contributed by atoms with van der Waals surface area (Å²) < 4.78 is 2.00. The van der Waals surface area contributed by atoms with E-state index in [-0.39, 0.29) is 22.0 Å². The summed E-state index contributed by atoms with van der Waals surface area (Å²) in [6.45, 7) is 6.82. The number of thioether (sulfide) groups is 1. The maximum Gasteiger partial charge on any atom is 0.168 e. The molecule has 0 amide bonds. The summed E-state index contributed by atoms with van der Waals surface area (Å²) in [5.74, 6) is 0.696. The predicted molar refractivity (Wildman–Crippen MR) is 72.5 cm³/mol. The molecule has 0 aromatic carbocycles. The van der Waals surface area contributed by atoms with Crippen molar-refractivity contribution in [3.8, 4) is 0 Å². The largest absolute Gasteiger partial charge is 0.329 e. The highest BCUT2D eigenvalue weighted by atomic mass is 32.2. The smallest absolute Gasteiger partial charge is 0.168 e. The van der Waals surface area contributed by atoms with Gasteiger partial charge in [-0.15, -0.1) is 0 Å². The van der Waals surface area contributed by atoms with Crippen molar-refractivity contribution in [1.82, 2.24) is 9.55 Å². The summed E-state index contributed by atoms with van der Waals surface area (Å²) in [5.41, 5.74) is 0.248. The maximum atomic E-state index is 12.6. The third-order valence-electron chi connectivity index (χ3n) is 5.48. The highest BCUT2D eigenvalue weighted by Crippen LogP contribution is 2.67. The number of aromatic nitrogens is 2. The average molecular weight is 264 g/mol. The quantitative estimate of drug-likeness (QED) is 0.824. The zero-order valence-electron chi connectivity index (χ0n) is 11.4. The summed E-state index contributed by atoms with van der Waals surface area (Å²) in [4.78, 5) is 16.9. The maximum absolute atomic E-state index is 12.6. The Bertz CT molecular complexity index is 508. The van der Waals surface area contributed by atoms with E-state index >= 15 is 0 Å². The van der Waals surface area contributed by atoms with Crippen molar-refractivity contribution < 1.29 is 4.79 Å². The Hall–Kier alpha value is -0.770. The molecule has 3 nitrogen and oxygen atoms in total. The number of carbonyl (C=O) groups excluding carboxylic acids is 1. The first-order valence-electron chi connectivity index (χ1n) is 6.55. The predicted octanol–water partition coefficient (Wildman–Crippen LogP) is 2.91.